The maximum Gasteiger partial charge on any atom is 0.0911 e. The van der Waals surface area contributed by atoms with Crippen LogP contribution in [0.3, 0.4) is 0 Å². The zero-order chi connectivity index (χ0) is 82.6. The number of allylic oxidation sites excluding steroid dienone is 3. The largest absolute Gasteiger partial charge is 0.513 e. The zero-order valence-electron chi connectivity index (χ0n) is 74.1. The summed E-state index contributed by atoms with van der Waals surface area (Å²) in [6.45, 7) is 54.9. The Morgan fingerprint density at radius 2 is 0.754 bits per heavy atom. The number of aryl methyl sites for hydroxylation is 6. The van der Waals surface area contributed by atoms with Crippen LogP contribution in [0, 0.1) is 93.2 Å². The Hall–Kier alpha value is -6.00. The third kappa shape index (κ3) is 35.7. The zero-order valence-corrected chi connectivity index (χ0v) is 81.3. The normalized spacial score (nSPS) is 14.5. The smallest absolute Gasteiger partial charge is 0.0911 e. The van der Waals surface area contributed by atoms with Crippen molar-refractivity contribution < 1.29 is 91.0 Å². The molecule has 11 rings (SSSR count). The van der Waals surface area contributed by atoms with Gasteiger partial charge in [0.1, 0.15) is 0 Å². The van der Waals surface area contributed by atoms with Crippen molar-refractivity contribution >= 4 is 32.7 Å². The molecule has 3 radical (unpaired) electrons. The van der Waals surface area contributed by atoms with Crippen molar-refractivity contribution in [2.75, 3.05) is 0 Å². The van der Waals surface area contributed by atoms with Gasteiger partial charge in [0.05, 0.1) is 52.1 Å². The number of hydrogen-bond donors (Lipinski definition) is 6. The number of rotatable bonds is 16. The molecule has 6 N–H and O–H groups in total. The van der Waals surface area contributed by atoms with Crippen LogP contribution in [-0.4, -0.2) is 63.9 Å². The monoisotopic (exact) mass is 2080 g/mol. The van der Waals surface area contributed by atoms with E-state index in [2.05, 4.69) is 266 Å². The molecule has 12 heteroatoms. The van der Waals surface area contributed by atoms with Gasteiger partial charge in [-0.3, -0.25) is 15.0 Å². The van der Waals surface area contributed by atoms with Crippen LogP contribution in [0.5, 0.6) is 0 Å². The molecule has 0 bridgehead atoms. The summed E-state index contributed by atoms with van der Waals surface area (Å²) in [6, 6.07) is 50.9. The second-order valence-electron chi connectivity index (χ2n) is 38.0. The van der Waals surface area contributed by atoms with Gasteiger partial charge in [0.15, 0.2) is 0 Å². The predicted octanol–water partition coefficient (Wildman–Crippen LogP) is 27.2. The van der Waals surface area contributed by atoms with E-state index in [0.717, 1.165) is 93.5 Å². The molecule has 0 aliphatic heterocycles. The van der Waals surface area contributed by atoms with Crippen molar-refractivity contribution in [3.8, 4) is 33.8 Å². The van der Waals surface area contributed by atoms with Crippen LogP contribution in [0.4, 0.5) is 0 Å². The van der Waals surface area contributed by atoms with E-state index in [0.29, 0.717) is 30.4 Å². The third-order valence-electron chi connectivity index (χ3n) is 19.5. The standard InChI is InChI=1S/C27H30N.2C27H34N.C11H22O2.2C5H10O2.3Ir/c1-18-13-19(2)15-23(14-18)26-12-11-24-25(21-9-5-6-10-21)16-22(17-27(24)28-26)20-7-3-4-8-20;2*1-18-13-19(2)15-21(14-18)24-12-10-22-23(17-27(6,7)8)20(16-26(3,4)5)9-11-25(22)28-24;1-8(2)5-10(12)7-11(13)6-9(3)4;2*1-4(6)3-5(2)7;;;/h11-14,16-17,20-21H,3-10H2,1-2H3;2*9-14H,16-17H2,1-8H3;7-10,12-13H,5-6H2,1-4H3;2*3-4,6-7H,1-2H3;;;/q3*-1;;;;;;. The maximum atomic E-state index is 9.47. The van der Waals surface area contributed by atoms with E-state index in [4.69, 9.17) is 35.4 Å². The molecular formula is C102H140Ir3N3O6-3. The first-order chi connectivity index (χ1) is 51.7. The van der Waals surface area contributed by atoms with Gasteiger partial charge in [0.25, 0.3) is 0 Å². The summed E-state index contributed by atoms with van der Waals surface area (Å²) >= 11 is 0. The predicted molar refractivity (Wildman–Crippen MR) is 473 cm³/mol. The first-order valence-corrected chi connectivity index (χ1v) is 41.2. The topological polar surface area (TPSA) is 160 Å². The van der Waals surface area contributed by atoms with Crippen LogP contribution in [0.1, 0.15) is 281 Å². The van der Waals surface area contributed by atoms with Gasteiger partial charge < -0.3 is 30.6 Å². The summed E-state index contributed by atoms with van der Waals surface area (Å²) in [5.74, 6) is 2.99. The fourth-order valence-corrected chi connectivity index (χ4v) is 15.4. The number of nitrogens with zero attached hydrogens (tertiary/aromatic N) is 3. The van der Waals surface area contributed by atoms with Gasteiger partial charge in [-0.2, -0.15) is 0 Å². The summed E-state index contributed by atoms with van der Waals surface area (Å²) < 4.78 is 0. The van der Waals surface area contributed by atoms with Gasteiger partial charge in [-0.25, -0.2) is 0 Å². The van der Waals surface area contributed by atoms with E-state index in [-0.39, 0.29) is 93.5 Å². The van der Waals surface area contributed by atoms with Gasteiger partial charge in [0.2, 0.25) is 0 Å². The second-order valence-corrected chi connectivity index (χ2v) is 38.0. The van der Waals surface area contributed by atoms with E-state index in [1.54, 1.807) is 31.1 Å². The molecule has 3 aromatic heterocycles. The van der Waals surface area contributed by atoms with E-state index in [1.807, 2.05) is 13.8 Å². The molecule has 3 unspecified atom stereocenters. The number of hydrogen-bond acceptors (Lipinski definition) is 9. The summed E-state index contributed by atoms with van der Waals surface area (Å²) in [6.07, 6.45) is 19.3. The van der Waals surface area contributed by atoms with Crippen molar-refractivity contribution in [1.29, 1.82) is 0 Å². The molecule has 114 heavy (non-hydrogen) atoms. The quantitative estimate of drug-likeness (QED) is 0.0409. The fourth-order valence-electron chi connectivity index (χ4n) is 15.4. The van der Waals surface area contributed by atoms with Crippen LogP contribution < -0.4 is 0 Å². The van der Waals surface area contributed by atoms with Gasteiger partial charge in [-0.15, -0.1) is 105 Å². The van der Waals surface area contributed by atoms with E-state index < -0.39 is 18.3 Å². The first-order valence-electron chi connectivity index (χ1n) is 41.2. The molecule has 3 heterocycles. The maximum absolute atomic E-state index is 9.47. The minimum absolute atomic E-state index is 0. The molecule has 0 amide bonds. The Morgan fingerprint density at radius 1 is 0.412 bits per heavy atom. The number of aliphatic hydroxyl groups is 6. The van der Waals surface area contributed by atoms with Gasteiger partial charge in [-0.05, 0) is 218 Å². The SMILES string of the molecule is CC(C)CC(O)=CC(O)CC(C)C.CC(O)=CC(C)O.CC(O)=CC(C)O.Cc1[c-]c(-c2ccc3c(C4CCCC4)cc(C4CCCC4)cc3n2)cc(C)c1.Cc1[c-]c(-c2ccc3c(CC(C)(C)C)c(CC(C)(C)C)ccc3n2)cc(C)c1.Cc1[c-]c(-c2ccc3c(CC(C)(C)C)c(CC(C)(C)C)ccc3n2)cc(C)c1.[Ir].[Ir].[Ir]. The molecule has 9 aromatic rings. The van der Waals surface area contributed by atoms with Crippen LogP contribution in [-0.2, 0) is 86.0 Å². The van der Waals surface area contributed by atoms with Gasteiger partial charge in [0, 0.05) is 82.9 Å². The summed E-state index contributed by atoms with van der Waals surface area (Å²) in [4.78, 5) is 15.2. The van der Waals surface area contributed by atoms with Crippen molar-refractivity contribution in [3.63, 3.8) is 0 Å². The number of fused-ring (bicyclic) bond motifs is 3. The number of aliphatic hydroxyl groups excluding tert-OH is 6. The fraction of sp³-hybridized carbons (Fsp3) is 0.500. The van der Waals surface area contributed by atoms with Crippen LogP contribution >= 0.6 is 0 Å². The molecule has 0 spiro atoms. The molecule has 6 aromatic carbocycles. The number of benzene rings is 6. The molecule has 9 nitrogen and oxygen atoms in total. The minimum atomic E-state index is -0.537. The van der Waals surface area contributed by atoms with E-state index in [9.17, 15) is 10.2 Å². The van der Waals surface area contributed by atoms with Gasteiger partial charge in [-0.1, -0.05) is 233 Å². The average Bonchev–Trinajstić information content (AvgIpc) is 0.984. The van der Waals surface area contributed by atoms with Crippen LogP contribution in [0.2, 0.25) is 0 Å². The molecular weight excluding hydrogens is 1940 g/mol. The summed E-state index contributed by atoms with van der Waals surface area (Å²) in [7, 11) is 0. The number of aromatic nitrogens is 3. The number of pyridine rings is 3. The molecule has 629 valence electrons. The van der Waals surface area contributed by atoms with Crippen molar-refractivity contribution in [3.05, 3.63) is 230 Å². The van der Waals surface area contributed by atoms with Crippen molar-refractivity contribution in [1.82, 2.24) is 15.0 Å². The average molecular weight is 2080 g/mol. The molecule has 0 saturated heterocycles. The third-order valence-corrected chi connectivity index (χ3v) is 19.5. The Bertz CT molecular complexity index is 4340. The van der Waals surface area contributed by atoms with E-state index in [1.165, 1.54) is 144 Å². The summed E-state index contributed by atoms with van der Waals surface area (Å²) in [5.41, 5.74) is 26.9. The van der Waals surface area contributed by atoms with Crippen LogP contribution in [0.25, 0.3) is 66.5 Å². The molecule has 2 saturated carbocycles. The molecule has 2 fully saturated rings. The molecule has 3 atom stereocenters. The second kappa shape index (κ2) is 46.4. The Balaban J connectivity index is 0.000000377. The van der Waals surface area contributed by atoms with E-state index >= 15 is 0 Å². The first kappa shape index (κ1) is 102. The van der Waals surface area contributed by atoms with Crippen LogP contribution in [0.15, 0.2) is 145 Å². The minimum Gasteiger partial charge on any atom is -0.513 e. The van der Waals surface area contributed by atoms with Crippen molar-refractivity contribution in [2.24, 2.45) is 33.5 Å². The van der Waals surface area contributed by atoms with Crippen molar-refractivity contribution in [2.45, 2.75) is 300 Å². The molecule has 2 aliphatic rings. The Morgan fingerprint density at radius 3 is 1.06 bits per heavy atom. The Labute approximate surface area is 729 Å². The van der Waals surface area contributed by atoms with Gasteiger partial charge >= 0.3 is 0 Å². The summed E-state index contributed by atoms with van der Waals surface area (Å²) in [5, 5.41) is 56.7. The molecule has 2 aliphatic carbocycles. The Kier molecular flexibility index (Phi) is 41.6.